The number of hydrazone groups is 1. The van der Waals surface area contributed by atoms with Crippen LogP contribution in [0.25, 0.3) is 10.2 Å². The number of rotatable bonds is 7. The van der Waals surface area contributed by atoms with Crippen molar-refractivity contribution in [1.29, 1.82) is 0 Å². The van der Waals surface area contributed by atoms with Gasteiger partial charge in [-0.15, -0.1) is 11.3 Å². The highest BCUT2D eigenvalue weighted by atomic mass is 32.1. The molecule has 11 heteroatoms. The number of nitrogens with one attached hydrogen (secondary N) is 1. The predicted octanol–water partition coefficient (Wildman–Crippen LogP) is 3.83. The number of fused-ring (bicyclic) bond motifs is 1. The summed E-state index contributed by atoms with van der Waals surface area (Å²) in [5.41, 5.74) is 10.7. The first-order chi connectivity index (χ1) is 15.9. The van der Waals surface area contributed by atoms with Crippen molar-refractivity contribution in [2.24, 2.45) is 5.10 Å². The van der Waals surface area contributed by atoms with E-state index in [1.54, 1.807) is 37.3 Å². The lowest BCUT2D eigenvalue weighted by Crippen LogP contribution is -2.17. The van der Waals surface area contributed by atoms with E-state index in [9.17, 15) is 14.9 Å². The molecule has 1 amide bonds. The average Bonchev–Trinajstić information content (AvgIpc) is 3.16. The van der Waals surface area contributed by atoms with Crippen LogP contribution in [0.3, 0.4) is 0 Å². The topological polar surface area (TPSA) is 146 Å². The van der Waals surface area contributed by atoms with Crippen LogP contribution in [-0.4, -0.2) is 27.0 Å². The maximum Gasteiger partial charge on any atom is 0.281 e. The number of aryl methyl sites for hydroxylation is 1. The number of nitro groups is 1. The molecule has 33 heavy (non-hydrogen) atoms. The summed E-state index contributed by atoms with van der Waals surface area (Å²) >= 11 is 1.23. The standard InChI is InChI=1S/C22H18N6O4S/c1-13-18-20(23)24-12-25-22(18)33-19(13)21(29)27-26-10-15-3-2-4-17(9-15)32-11-14-5-7-16(8-6-14)28(30)31/h2-10,12H,11H2,1H3,(H,27,29)(H2,23,24,25)/b26-10-. The van der Waals surface area contributed by atoms with Gasteiger partial charge in [-0.25, -0.2) is 15.4 Å². The number of carbonyl (C=O) groups is 1. The summed E-state index contributed by atoms with van der Waals surface area (Å²) < 4.78 is 5.75. The van der Waals surface area contributed by atoms with Crippen molar-refractivity contribution in [3.05, 3.63) is 86.5 Å². The van der Waals surface area contributed by atoms with Crippen LogP contribution in [0.5, 0.6) is 5.75 Å². The van der Waals surface area contributed by atoms with E-state index < -0.39 is 4.92 Å². The number of nitro benzene ring substituents is 1. The van der Waals surface area contributed by atoms with Crippen LogP contribution in [-0.2, 0) is 6.61 Å². The summed E-state index contributed by atoms with van der Waals surface area (Å²) in [7, 11) is 0. The van der Waals surface area contributed by atoms with Gasteiger partial charge in [0, 0.05) is 12.1 Å². The number of benzene rings is 2. The molecule has 0 bridgehead atoms. The second kappa shape index (κ2) is 9.40. The number of aromatic nitrogens is 2. The Morgan fingerprint density at radius 2 is 2.06 bits per heavy atom. The molecule has 0 atom stereocenters. The molecule has 0 fully saturated rings. The summed E-state index contributed by atoms with van der Waals surface area (Å²) in [6.45, 7) is 2.05. The second-order valence-corrected chi connectivity index (χ2v) is 7.98. The first-order valence-corrected chi connectivity index (χ1v) is 10.5. The summed E-state index contributed by atoms with van der Waals surface area (Å²) in [4.78, 5) is 32.1. The molecule has 4 aromatic rings. The van der Waals surface area contributed by atoms with Gasteiger partial charge in [-0.2, -0.15) is 5.10 Å². The Morgan fingerprint density at radius 1 is 1.27 bits per heavy atom. The van der Waals surface area contributed by atoms with Gasteiger partial charge in [-0.05, 0) is 47.9 Å². The Morgan fingerprint density at radius 3 is 2.79 bits per heavy atom. The number of hydrogen-bond acceptors (Lipinski definition) is 9. The molecule has 4 rings (SSSR count). The van der Waals surface area contributed by atoms with Gasteiger partial charge in [0.1, 0.15) is 29.3 Å². The minimum Gasteiger partial charge on any atom is -0.489 e. The van der Waals surface area contributed by atoms with Crippen LogP contribution in [0.2, 0.25) is 0 Å². The second-order valence-electron chi connectivity index (χ2n) is 6.98. The lowest BCUT2D eigenvalue weighted by Gasteiger charge is -2.07. The molecule has 166 valence electrons. The normalized spacial score (nSPS) is 11.1. The van der Waals surface area contributed by atoms with Crippen molar-refractivity contribution >= 4 is 45.2 Å². The van der Waals surface area contributed by atoms with Gasteiger partial charge in [0.2, 0.25) is 0 Å². The zero-order valence-corrected chi connectivity index (χ0v) is 18.2. The zero-order chi connectivity index (χ0) is 23.4. The maximum atomic E-state index is 12.6. The Kier molecular flexibility index (Phi) is 6.22. The fraction of sp³-hybridized carbons (Fsp3) is 0.0909. The lowest BCUT2D eigenvalue weighted by molar-refractivity contribution is -0.384. The van der Waals surface area contributed by atoms with Gasteiger partial charge in [-0.3, -0.25) is 14.9 Å². The quantitative estimate of drug-likeness (QED) is 0.241. The number of ether oxygens (including phenoxy) is 1. The number of carbonyl (C=O) groups excluding carboxylic acids is 1. The molecule has 0 radical (unpaired) electrons. The fourth-order valence-electron chi connectivity index (χ4n) is 3.10. The smallest absolute Gasteiger partial charge is 0.281 e. The van der Waals surface area contributed by atoms with Crippen LogP contribution in [0.15, 0.2) is 60.0 Å². The molecular formula is C22H18N6O4S. The minimum atomic E-state index is -0.447. The summed E-state index contributed by atoms with van der Waals surface area (Å²) in [6.07, 6.45) is 2.87. The highest BCUT2D eigenvalue weighted by Crippen LogP contribution is 2.31. The monoisotopic (exact) mass is 462 g/mol. The third-order valence-corrected chi connectivity index (χ3v) is 5.95. The van der Waals surface area contributed by atoms with Crippen LogP contribution in [0, 0.1) is 17.0 Å². The molecule has 0 aliphatic heterocycles. The Balaban J connectivity index is 1.38. The first kappa shape index (κ1) is 21.8. The van der Waals surface area contributed by atoms with E-state index in [4.69, 9.17) is 10.5 Å². The maximum absolute atomic E-state index is 12.6. The van der Waals surface area contributed by atoms with Gasteiger partial charge in [-0.1, -0.05) is 12.1 Å². The van der Waals surface area contributed by atoms with E-state index in [-0.39, 0.29) is 18.2 Å². The first-order valence-electron chi connectivity index (χ1n) is 9.71. The van der Waals surface area contributed by atoms with Crippen molar-refractivity contribution in [2.45, 2.75) is 13.5 Å². The van der Waals surface area contributed by atoms with Gasteiger partial charge >= 0.3 is 0 Å². The molecular weight excluding hydrogens is 444 g/mol. The van der Waals surface area contributed by atoms with Gasteiger partial charge < -0.3 is 10.5 Å². The summed E-state index contributed by atoms with van der Waals surface area (Å²) in [5, 5.41) is 15.4. The van der Waals surface area contributed by atoms with Crippen molar-refractivity contribution in [3.63, 3.8) is 0 Å². The van der Waals surface area contributed by atoms with Crippen molar-refractivity contribution in [3.8, 4) is 5.75 Å². The Labute approximate surface area is 191 Å². The molecule has 2 aromatic heterocycles. The van der Waals surface area contributed by atoms with E-state index in [2.05, 4.69) is 20.5 Å². The molecule has 0 aliphatic rings. The number of hydrogen-bond donors (Lipinski definition) is 2. The Hall–Kier alpha value is -4.38. The highest BCUT2D eigenvalue weighted by Gasteiger charge is 2.18. The third-order valence-electron chi connectivity index (χ3n) is 4.75. The number of amides is 1. The van der Waals surface area contributed by atoms with Crippen molar-refractivity contribution < 1.29 is 14.5 Å². The van der Waals surface area contributed by atoms with Crippen molar-refractivity contribution in [1.82, 2.24) is 15.4 Å². The van der Waals surface area contributed by atoms with Gasteiger partial charge in [0.25, 0.3) is 11.6 Å². The van der Waals surface area contributed by atoms with Gasteiger partial charge in [0.05, 0.1) is 21.4 Å². The summed E-state index contributed by atoms with van der Waals surface area (Å²) in [5.74, 6) is 0.566. The number of nitrogens with zero attached hydrogens (tertiary/aromatic N) is 4. The van der Waals surface area contributed by atoms with E-state index in [0.717, 1.165) is 11.1 Å². The fourth-order valence-corrected chi connectivity index (χ4v) is 4.14. The van der Waals surface area contributed by atoms with E-state index in [1.165, 1.54) is 36.0 Å². The van der Waals surface area contributed by atoms with Crippen LogP contribution < -0.4 is 15.9 Å². The molecule has 0 aliphatic carbocycles. The van der Waals surface area contributed by atoms with Crippen LogP contribution in [0.4, 0.5) is 11.5 Å². The van der Waals surface area contributed by atoms with Crippen LogP contribution in [0.1, 0.15) is 26.4 Å². The van der Waals surface area contributed by atoms with Crippen LogP contribution >= 0.6 is 11.3 Å². The SMILES string of the molecule is Cc1c(C(=O)N/N=C\c2cccc(OCc3ccc([N+](=O)[O-])cc3)c2)sc2ncnc(N)c12. The minimum absolute atomic E-state index is 0.0289. The number of thiophene rings is 1. The molecule has 2 aromatic carbocycles. The Bertz CT molecular complexity index is 1370. The largest absolute Gasteiger partial charge is 0.489 e. The number of non-ortho nitro benzene ring substituents is 1. The highest BCUT2D eigenvalue weighted by molar-refractivity contribution is 7.20. The average molecular weight is 462 g/mol. The molecule has 0 saturated carbocycles. The molecule has 3 N–H and O–H groups in total. The number of nitrogen functional groups attached to an aromatic ring is 1. The number of nitrogens with two attached hydrogens (primary N) is 1. The van der Waals surface area contributed by atoms with Crippen molar-refractivity contribution in [2.75, 3.05) is 5.73 Å². The zero-order valence-electron chi connectivity index (χ0n) is 17.4. The third kappa shape index (κ3) is 4.93. The van der Waals surface area contributed by atoms with E-state index in [1.807, 2.05) is 6.07 Å². The summed E-state index contributed by atoms with van der Waals surface area (Å²) in [6, 6.07) is 13.3. The molecule has 10 nitrogen and oxygen atoms in total. The van der Waals surface area contributed by atoms with E-state index in [0.29, 0.717) is 32.2 Å². The molecule has 0 spiro atoms. The molecule has 0 saturated heterocycles. The van der Waals surface area contributed by atoms with Gasteiger partial charge in [0.15, 0.2) is 0 Å². The molecule has 2 heterocycles. The molecule has 0 unspecified atom stereocenters. The lowest BCUT2D eigenvalue weighted by atomic mass is 10.2. The predicted molar refractivity (Wildman–Crippen MR) is 125 cm³/mol. The number of anilines is 1. The van der Waals surface area contributed by atoms with E-state index >= 15 is 0 Å².